The number of carbonyl (C=O) groups is 3. The van der Waals surface area contributed by atoms with Crippen LogP contribution >= 0.6 is 11.3 Å². The molecule has 4 aromatic rings. The highest BCUT2D eigenvalue weighted by Crippen LogP contribution is 2.25. The van der Waals surface area contributed by atoms with Gasteiger partial charge in [0.2, 0.25) is 11.7 Å². The highest BCUT2D eigenvalue weighted by atomic mass is 32.1. The lowest BCUT2D eigenvalue weighted by Crippen LogP contribution is -2.22. The molecule has 2 aromatic carbocycles. The molecule has 2 aromatic heterocycles. The van der Waals surface area contributed by atoms with Crippen LogP contribution in [0, 0.1) is 0 Å². The molecule has 0 radical (unpaired) electrons. The van der Waals surface area contributed by atoms with Gasteiger partial charge in [-0.05, 0) is 30.7 Å². The number of nitrogens with one attached hydrogen (secondary N) is 1. The molecule has 0 aliphatic rings. The largest absolute Gasteiger partial charge is 0.454 e. The van der Waals surface area contributed by atoms with Crippen LogP contribution in [0.3, 0.4) is 0 Å². The molecule has 1 amide bonds. The molecule has 0 saturated heterocycles. The van der Waals surface area contributed by atoms with Crippen molar-refractivity contribution < 1.29 is 19.1 Å². The first-order valence-corrected chi connectivity index (χ1v) is 11.6. The van der Waals surface area contributed by atoms with Gasteiger partial charge in [0.15, 0.2) is 6.61 Å². The lowest BCUT2D eigenvalue weighted by molar-refractivity contribution is -0.118. The van der Waals surface area contributed by atoms with E-state index < -0.39 is 5.97 Å². The summed E-state index contributed by atoms with van der Waals surface area (Å²) in [4.78, 5) is 38.0. The molecule has 8 heteroatoms. The molecule has 7 nitrogen and oxygen atoms in total. The average Bonchev–Trinajstić information content (AvgIpc) is 3.51. The molecule has 0 unspecified atom stereocenters. The Morgan fingerprint density at radius 3 is 2.38 bits per heavy atom. The van der Waals surface area contributed by atoms with Crippen LogP contribution in [0.5, 0.6) is 0 Å². The summed E-state index contributed by atoms with van der Waals surface area (Å²) in [6, 6.07) is 22.4. The summed E-state index contributed by atoms with van der Waals surface area (Å²) in [6.07, 6.45) is 2.26. The van der Waals surface area contributed by atoms with Crippen LogP contribution in [0.2, 0.25) is 0 Å². The Morgan fingerprint density at radius 2 is 1.68 bits per heavy atom. The predicted molar refractivity (Wildman–Crippen MR) is 130 cm³/mol. The maximum atomic E-state index is 13.0. The van der Waals surface area contributed by atoms with E-state index in [4.69, 9.17) is 4.74 Å². The molecule has 0 aliphatic carbocycles. The number of benzene rings is 2. The Balaban J connectivity index is 1.47. The number of hydrogen-bond acceptors (Lipinski definition) is 6. The topological polar surface area (TPSA) is 90.3 Å². The Labute approximate surface area is 201 Å². The maximum absolute atomic E-state index is 13.0. The monoisotopic (exact) mass is 473 g/mol. The number of hydrogen-bond donors (Lipinski definition) is 1. The van der Waals surface area contributed by atoms with Gasteiger partial charge in [0.25, 0.3) is 0 Å². The average molecular weight is 474 g/mol. The number of amides is 1. The Bertz CT molecular complexity index is 1300. The van der Waals surface area contributed by atoms with Crippen molar-refractivity contribution in [3.05, 3.63) is 94.3 Å². The summed E-state index contributed by atoms with van der Waals surface area (Å²) >= 11 is 1.33. The van der Waals surface area contributed by atoms with Gasteiger partial charge >= 0.3 is 5.97 Å². The zero-order chi connectivity index (χ0) is 23.9. The fourth-order valence-electron chi connectivity index (χ4n) is 3.35. The third kappa shape index (κ3) is 5.65. The molecule has 0 fully saturated rings. The summed E-state index contributed by atoms with van der Waals surface area (Å²) in [5.74, 6) is -0.983. The van der Waals surface area contributed by atoms with Crippen LogP contribution in [-0.4, -0.2) is 40.6 Å². The van der Waals surface area contributed by atoms with E-state index in [0.717, 1.165) is 16.1 Å². The van der Waals surface area contributed by atoms with Crippen molar-refractivity contribution >= 4 is 29.0 Å². The van der Waals surface area contributed by atoms with Gasteiger partial charge in [-0.2, -0.15) is 5.10 Å². The smallest absolute Gasteiger partial charge is 0.342 e. The third-order valence-corrected chi connectivity index (χ3v) is 6.20. The van der Waals surface area contributed by atoms with Gasteiger partial charge in [-0.15, -0.1) is 11.3 Å². The molecular weight excluding hydrogens is 450 g/mol. The fourth-order valence-corrected chi connectivity index (χ4v) is 4.28. The van der Waals surface area contributed by atoms with Crippen LogP contribution in [-0.2, 0) is 16.0 Å². The van der Waals surface area contributed by atoms with Crippen LogP contribution in [0.1, 0.15) is 31.8 Å². The number of esters is 1. The highest BCUT2D eigenvalue weighted by Gasteiger charge is 2.21. The number of carbonyl (C=O) groups excluding carboxylic acids is 3. The van der Waals surface area contributed by atoms with Crippen molar-refractivity contribution in [1.29, 1.82) is 0 Å². The lowest BCUT2D eigenvalue weighted by Gasteiger charge is -2.04. The molecular formula is C26H23N3O4S. The van der Waals surface area contributed by atoms with Gasteiger partial charge in [-0.3, -0.25) is 9.59 Å². The van der Waals surface area contributed by atoms with E-state index in [1.807, 2.05) is 66.7 Å². The zero-order valence-corrected chi connectivity index (χ0v) is 19.4. The zero-order valence-electron chi connectivity index (χ0n) is 18.6. The Morgan fingerprint density at radius 1 is 0.971 bits per heavy atom. The van der Waals surface area contributed by atoms with Gasteiger partial charge in [0, 0.05) is 30.1 Å². The maximum Gasteiger partial charge on any atom is 0.342 e. The van der Waals surface area contributed by atoms with E-state index in [2.05, 4.69) is 10.4 Å². The SMILES string of the molecule is CC(=O)NCCc1ccc(C(=O)COC(=O)c2cn(-c3ccccc3)nc2-c2ccccc2)s1. The van der Waals surface area contributed by atoms with Crippen LogP contribution in [0.4, 0.5) is 0 Å². The molecule has 1 N–H and O–H groups in total. The summed E-state index contributed by atoms with van der Waals surface area (Å²) < 4.78 is 7.01. The second-order valence-electron chi connectivity index (χ2n) is 7.54. The van der Waals surface area contributed by atoms with E-state index in [1.165, 1.54) is 18.3 Å². The van der Waals surface area contributed by atoms with Gasteiger partial charge < -0.3 is 10.1 Å². The quantitative estimate of drug-likeness (QED) is 0.289. The van der Waals surface area contributed by atoms with Crippen molar-refractivity contribution in [3.63, 3.8) is 0 Å². The third-order valence-electron chi connectivity index (χ3n) is 5.02. The van der Waals surface area contributed by atoms with Crippen molar-refractivity contribution in [2.24, 2.45) is 0 Å². The van der Waals surface area contributed by atoms with Gasteiger partial charge in [-0.25, -0.2) is 9.48 Å². The molecule has 0 aliphatic heterocycles. The minimum atomic E-state index is -0.614. The summed E-state index contributed by atoms with van der Waals surface area (Å²) in [7, 11) is 0. The molecule has 0 bridgehead atoms. The highest BCUT2D eigenvalue weighted by molar-refractivity contribution is 7.14. The van der Waals surface area contributed by atoms with Crippen molar-refractivity contribution in [1.82, 2.24) is 15.1 Å². The number of rotatable bonds is 9. The summed E-state index contributed by atoms with van der Waals surface area (Å²) in [6.45, 7) is 1.60. The van der Waals surface area contributed by atoms with Crippen LogP contribution in [0.25, 0.3) is 16.9 Å². The predicted octanol–water partition coefficient (Wildman–Crippen LogP) is 4.32. The van der Waals surface area contributed by atoms with Gasteiger partial charge in [0.05, 0.1) is 10.6 Å². The molecule has 0 saturated carbocycles. The Hall–Kier alpha value is -4.04. The summed E-state index contributed by atoms with van der Waals surface area (Å²) in [5, 5.41) is 7.33. The number of nitrogens with zero attached hydrogens (tertiary/aromatic N) is 2. The first-order chi connectivity index (χ1) is 16.5. The minimum Gasteiger partial charge on any atom is -0.454 e. The number of ether oxygens (including phenoxy) is 1. The van der Waals surface area contributed by atoms with E-state index in [1.54, 1.807) is 16.9 Å². The first-order valence-electron chi connectivity index (χ1n) is 10.8. The normalized spacial score (nSPS) is 10.6. The fraction of sp³-hybridized carbons (Fsp3) is 0.154. The van der Waals surface area contributed by atoms with Crippen molar-refractivity contribution in [3.8, 4) is 16.9 Å². The second kappa shape index (κ2) is 10.7. The number of aromatic nitrogens is 2. The van der Waals surface area contributed by atoms with E-state index in [-0.39, 0.29) is 23.9 Å². The molecule has 0 spiro atoms. The first kappa shape index (κ1) is 23.1. The van der Waals surface area contributed by atoms with Gasteiger partial charge in [0.1, 0.15) is 11.3 Å². The lowest BCUT2D eigenvalue weighted by atomic mass is 10.1. The molecule has 172 valence electrons. The van der Waals surface area contributed by atoms with Crippen molar-refractivity contribution in [2.75, 3.05) is 13.2 Å². The number of thiophene rings is 1. The number of para-hydroxylation sites is 1. The molecule has 0 atom stereocenters. The molecule has 4 rings (SSSR count). The van der Waals surface area contributed by atoms with E-state index >= 15 is 0 Å². The summed E-state index contributed by atoms with van der Waals surface area (Å²) in [5.41, 5.74) is 2.35. The van der Waals surface area contributed by atoms with Crippen LogP contribution < -0.4 is 5.32 Å². The van der Waals surface area contributed by atoms with Crippen molar-refractivity contribution in [2.45, 2.75) is 13.3 Å². The minimum absolute atomic E-state index is 0.0924. The second-order valence-corrected chi connectivity index (χ2v) is 8.70. The Kier molecular flexibility index (Phi) is 7.29. The van der Waals surface area contributed by atoms with E-state index in [0.29, 0.717) is 23.5 Å². The number of Topliss-reactive ketones (excluding diaryl/α,β-unsaturated/α-hetero) is 1. The number of ketones is 1. The molecule has 2 heterocycles. The van der Waals surface area contributed by atoms with Crippen LogP contribution in [0.15, 0.2) is 79.0 Å². The molecule has 34 heavy (non-hydrogen) atoms. The van der Waals surface area contributed by atoms with Gasteiger partial charge in [-0.1, -0.05) is 48.5 Å². The standard InChI is InChI=1S/C26H23N3O4S/c1-18(30)27-15-14-21-12-13-24(34-21)23(31)17-33-26(32)22-16-29(20-10-6-3-7-11-20)28-25(22)19-8-4-2-5-9-19/h2-13,16H,14-15,17H2,1H3,(H,27,30). The van der Waals surface area contributed by atoms with E-state index in [9.17, 15) is 14.4 Å².